The van der Waals surface area contributed by atoms with Crippen molar-refractivity contribution >= 4 is 27.6 Å². The molecule has 1 rings (SSSR count). The SMILES string of the molecule is CN/C=C(/Nc1ncc(Br)cn1)C(=N)C(C)C. The molecule has 0 aliphatic rings. The van der Waals surface area contributed by atoms with Crippen molar-refractivity contribution in [2.75, 3.05) is 12.4 Å². The molecule has 1 heterocycles. The van der Waals surface area contributed by atoms with Crippen molar-refractivity contribution < 1.29 is 0 Å². The molecule has 6 heteroatoms. The van der Waals surface area contributed by atoms with Gasteiger partial charge in [-0.15, -0.1) is 0 Å². The number of hydrogen-bond acceptors (Lipinski definition) is 5. The lowest BCUT2D eigenvalue weighted by Gasteiger charge is -2.13. The van der Waals surface area contributed by atoms with Crippen molar-refractivity contribution in [1.29, 1.82) is 5.41 Å². The van der Waals surface area contributed by atoms with Gasteiger partial charge in [-0.1, -0.05) is 13.8 Å². The standard InChI is InChI=1S/C11H16BrN5/c1-7(2)10(13)9(6-14-3)17-11-15-4-8(12)5-16-11/h4-7,13-14H,1-3H3,(H,15,16,17)/b9-6+,13-10?. The van der Waals surface area contributed by atoms with E-state index in [4.69, 9.17) is 5.41 Å². The van der Waals surface area contributed by atoms with Crippen LogP contribution in [-0.2, 0) is 0 Å². The Morgan fingerprint density at radius 1 is 1.41 bits per heavy atom. The van der Waals surface area contributed by atoms with Crippen LogP contribution in [0.5, 0.6) is 0 Å². The molecule has 0 amide bonds. The van der Waals surface area contributed by atoms with Gasteiger partial charge in [0.2, 0.25) is 5.95 Å². The largest absolute Gasteiger partial charge is 0.392 e. The molecule has 3 N–H and O–H groups in total. The topological polar surface area (TPSA) is 73.7 Å². The number of nitrogens with one attached hydrogen (secondary N) is 3. The molecule has 0 bridgehead atoms. The fraction of sp³-hybridized carbons (Fsp3) is 0.364. The van der Waals surface area contributed by atoms with Crippen LogP contribution in [0.25, 0.3) is 0 Å². The third-order valence-electron chi connectivity index (χ3n) is 2.02. The highest BCUT2D eigenvalue weighted by molar-refractivity contribution is 9.10. The maximum absolute atomic E-state index is 7.96. The number of rotatable bonds is 5. The second-order valence-electron chi connectivity index (χ2n) is 3.76. The summed E-state index contributed by atoms with van der Waals surface area (Å²) < 4.78 is 0.820. The summed E-state index contributed by atoms with van der Waals surface area (Å²) in [6.45, 7) is 3.94. The molecule has 0 fully saturated rings. The van der Waals surface area contributed by atoms with Crippen molar-refractivity contribution in [3.8, 4) is 0 Å². The quantitative estimate of drug-likeness (QED) is 0.730. The number of hydrogen-bond donors (Lipinski definition) is 3. The van der Waals surface area contributed by atoms with Crippen molar-refractivity contribution in [2.45, 2.75) is 13.8 Å². The van der Waals surface area contributed by atoms with Crippen molar-refractivity contribution in [3.05, 3.63) is 28.8 Å². The highest BCUT2D eigenvalue weighted by atomic mass is 79.9. The summed E-state index contributed by atoms with van der Waals surface area (Å²) in [5.41, 5.74) is 1.18. The lowest BCUT2D eigenvalue weighted by molar-refractivity contribution is 0.871. The Bertz CT molecular complexity index is 410. The average molecular weight is 298 g/mol. The summed E-state index contributed by atoms with van der Waals surface area (Å²) >= 11 is 3.27. The van der Waals surface area contributed by atoms with Crippen LogP contribution in [0.15, 0.2) is 28.8 Å². The first-order valence-electron chi connectivity index (χ1n) is 5.25. The van der Waals surface area contributed by atoms with Gasteiger partial charge in [-0.25, -0.2) is 9.97 Å². The molecule has 17 heavy (non-hydrogen) atoms. The van der Waals surface area contributed by atoms with Gasteiger partial charge in [-0.3, -0.25) is 0 Å². The third-order valence-corrected chi connectivity index (χ3v) is 2.43. The van der Waals surface area contributed by atoms with Gasteiger partial charge in [0, 0.05) is 25.6 Å². The number of nitrogens with zero attached hydrogens (tertiary/aromatic N) is 2. The fourth-order valence-corrected chi connectivity index (χ4v) is 1.34. The zero-order valence-corrected chi connectivity index (χ0v) is 11.7. The molecule has 92 valence electrons. The molecule has 0 aromatic carbocycles. The second kappa shape index (κ2) is 6.34. The molecule has 0 atom stereocenters. The van der Waals surface area contributed by atoms with Gasteiger partial charge < -0.3 is 16.0 Å². The average Bonchev–Trinajstić information content (AvgIpc) is 2.30. The predicted octanol–water partition coefficient (Wildman–Crippen LogP) is 2.39. The van der Waals surface area contributed by atoms with E-state index in [0.717, 1.165) is 4.47 Å². The van der Waals surface area contributed by atoms with Crippen LogP contribution in [0, 0.1) is 11.3 Å². The molecule has 0 radical (unpaired) electrons. The van der Waals surface area contributed by atoms with Gasteiger partial charge in [0.1, 0.15) is 0 Å². The summed E-state index contributed by atoms with van der Waals surface area (Å²) in [7, 11) is 1.79. The second-order valence-corrected chi connectivity index (χ2v) is 4.68. The van der Waals surface area contributed by atoms with E-state index in [0.29, 0.717) is 17.4 Å². The summed E-state index contributed by atoms with van der Waals surface area (Å²) in [5.74, 6) is 0.609. The lowest BCUT2D eigenvalue weighted by Crippen LogP contribution is -2.19. The zero-order chi connectivity index (χ0) is 12.8. The van der Waals surface area contributed by atoms with E-state index in [-0.39, 0.29) is 5.92 Å². The number of allylic oxidation sites excluding steroid dienone is 1. The molecular weight excluding hydrogens is 282 g/mol. The summed E-state index contributed by atoms with van der Waals surface area (Å²) in [6.07, 6.45) is 5.05. The van der Waals surface area contributed by atoms with E-state index in [9.17, 15) is 0 Å². The van der Waals surface area contributed by atoms with E-state index in [1.54, 1.807) is 25.6 Å². The summed E-state index contributed by atoms with van der Waals surface area (Å²) in [6, 6.07) is 0. The van der Waals surface area contributed by atoms with E-state index in [1.165, 1.54) is 0 Å². The van der Waals surface area contributed by atoms with Gasteiger partial charge in [0.25, 0.3) is 0 Å². The first-order chi connectivity index (χ1) is 8.04. The Morgan fingerprint density at radius 2 is 2.00 bits per heavy atom. The third kappa shape index (κ3) is 4.14. The molecule has 1 aromatic rings. The van der Waals surface area contributed by atoms with Crippen LogP contribution < -0.4 is 10.6 Å². The van der Waals surface area contributed by atoms with Crippen molar-refractivity contribution in [3.63, 3.8) is 0 Å². The summed E-state index contributed by atoms with van der Waals surface area (Å²) in [5, 5.41) is 13.9. The molecule has 0 saturated heterocycles. The van der Waals surface area contributed by atoms with Crippen LogP contribution in [0.3, 0.4) is 0 Å². The Hall–Kier alpha value is -1.43. The molecule has 0 spiro atoms. The zero-order valence-electron chi connectivity index (χ0n) is 10.1. The van der Waals surface area contributed by atoms with Gasteiger partial charge in [0.15, 0.2) is 0 Å². The van der Waals surface area contributed by atoms with Gasteiger partial charge >= 0.3 is 0 Å². The van der Waals surface area contributed by atoms with E-state index in [1.807, 2.05) is 13.8 Å². The van der Waals surface area contributed by atoms with Crippen molar-refractivity contribution in [1.82, 2.24) is 15.3 Å². The van der Waals surface area contributed by atoms with E-state index in [2.05, 4.69) is 36.5 Å². The van der Waals surface area contributed by atoms with Crippen molar-refractivity contribution in [2.24, 2.45) is 5.92 Å². The fourth-order valence-electron chi connectivity index (χ4n) is 1.13. The van der Waals surface area contributed by atoms with E-state index >= 15 is 0 Å². The molecular formula is C11H16BrN5. The normalized spacial score (nSPS) is 11.5. The first kappa shape index (κ1) is 13.6. The molecule has 5 nitrogen and oxygen atoms in total. The minimum absolute atomic E-state index is 0.137. The minimum Gasteiger partial charge on any atom is -0.392 e. The predicted molar refractivity (Wildman–Crippen MR) is 73.1 cm³/mol. The Kier molecular flexibility index (Phi) is 5.09. The van der Waals surface area contributed by atoms with Crippen LogP contribution in [-0.4, -0.2) is 22.7 Å². The summed E-state index contributed by atoms with van der Waals surface area (Å²) in [4.78, 5) is 8.22. The lowest BCUT2D eigenvalue weighted by atomic mass is 10.1. The first-order valence-corrected chi connectivity index (χ1v) is 6.04. The number of halogens is 1. The molecule has 1 aromatic heterocycles. The number of anilines is 1. The highest BCUT2D eigenvalue weighted by Crippen LogP contribution is 2.11. The molecule has 0 unspecified atom stereocenters. The smallest absolute Gasteiger partial charge is 0.227 e. The van der Waals surface area contributed by atoms with Gasteiger partial charge in [-0.2, -0.15) is 0 Å². The highest BCUT2D eigenvalue weighted by Gasteiger charge is 2.10. The Balaban J connectivity index is 2.84. The monoisotopic (exact) mass is 297 g/mol. The molecule has 0 saturated carbocycles. The maximum atomic E-state index is 7.96. The van der Waals surface area contributed by atoms with Crippen LogP contribution >= 0.6 is 15.9 Å². The van der Waals surface area contributed by atoms with Crippen LogP contribution in [0.1, 0.15) is 13.8 Å². The Labute approximate surface area is 109 Å². The van der Waals surface area contributed by atoms with Gasteiger partial charge in [0.05, 0.1) is 15.9 Å². The van der Waals surface area contributed by atoms with Crippen LogP contribution in [0.2, 0.25) is 0 Å². The van der Waals surface area contributed by atoms with E-state index < -0.39 is 0 Å². The van der Waals surface area contributed by atoms with Crippen LogP contribution in [0.4, 0.5) is 5.95 Å². The number of aromatic nitrogens is 2. The van der Waals surface area contributed by atoms with Gasteiger partial charge in [-0.05, 0) is 21.8 Å². The molecule has 0 aliphatic heterocycles. The molecule has 0 aliphatic carbocycles. The minimum atomic E-state index is 0.137. The Morgan fingerprint density at radius 3 is 2.47 bits per heavy atom. The maximum Gasteiger partial charge on any atom is 0.227 e.